The van der Waals surface area contributed by atoms with Crippen molar-refractivity contribution in [2.24, 2.45) is 0 Å². The molecule has 1 rings (SSSR count). The molecular weight excluding hydrogens is 252 g/mol. The third-order valence-electron chi connectivity index (χ3n) is 2.55. The molecule has 1 aromatic carbocycles. The zero-order valence-corrected chi connectivity index (χ0v) is 11.2. The maximum Gasteiger partial charge on any atom is 0.319 e. The maximum atomic E-state index is 11.9. The molecule has 0 radical (unpaired) electrons. The predicted octanol–water partition coefficient (Wildman–Crippen LogP) is 1.47. The van der Waals surface area contributed by atoms with Crippen molar-refractivity contribution < 1.29 is 18.8 Å². The number of carboxylic acid groups (broad SMARTS) is 1. The van der Waals surface area contributed by atoms with Gasteiger partial charge in [0, 0.05) is 30.3 Å². The quantitative estimate of drug-likeness (QED) is 0.727. The Bertz CT molecular complexity index is 391. The standard InChI is InChI=1S/C13H18O4S/c1-17-8-5-9-18(16)12(13(14)15)10-11-6-3-2-4-7-11/h2-4,6-7,12H,5,8-10H2,1H3,(H,14,15). The second kappa shape index (κ2) is 8.00. The second-order valence-corrected chi connectivity index (χ2v) is 5.69. The van der Waals surface area contributed by atoms with E-state index in [0.29, 0.717) is 25.2 Å². The smallest absolute Gasteiger partial charge is 0.319 e. The summed E-state index contributed by atoms with van der Waals surface area (Å²) in [5.41, 5.74) is 0.894. The van der Waals surface area contributed by atoms with Crippen molar-refractivity contribution in [1.29, 1.82) is 0 Å². The van der Waals surface area contributed by atoms with E-state index in [9.17, 15) is 9.00 Å². The fraction of sp³-hybridized carbons (Fsp3) is 0.462. The van der Waals surface area contributed by atoms with E-state index < -0.39 is 22.0 Å². The van der Waals surface area contributed by atoms with E-state index >= 15 is 0 Å². The SMILES string of the molecule is COCCCS(=O)C(Cc1ccccc1)C(=O)O. The number of methoxy groups -OCH3 is 1. The Morgan fingerprint density at radius 1 is 1.39 bits per heavy atom. The summed E-state index contributed by atoms with van der Waals surface area (Å²) in [6, 6.07) is 9.27. The van der Waals surface area contributed by atoms with Crippen molar-refractivity contribution in [3.05, 3.63) is 35.9 Å². The molecule has 0 bridgehead atoms. The molecule has 0 saturated heterocycles. The van der Waals surface area contributed by atoms with Gasteiger partial charge in [0.05, 0.1) is 0 Å². The fourth-order valence-corrected chi connectivity index (χ4v) is 2.90. The van der Waals surface area contributed by atoms with E-state index in [4.69, 9.17) is 9.84 Å². The molecule has 1 aromatic rings. The van der Waals surface area contributed by atoms with Crippen LogP contribution in [0.25, 0.3) is 0 Å². The Morgan fingerprint density at radius 2 is 2.06 bits per heavy atom. The van der Waals surface area contributed by atoms with Crippen molar-refractivity contribution in [2.75, 3.05) is 19.5 Å². The van der Waals surface area contributed by atoms with Crippen LogP contribution in [-0.4, -0.2) is 40.0 Å². The normalized spacial score (nSPS) is 14.1. The number of carbonyl (C=O) groups is 1. The van der Waals surface area contributed by atoms with Crippen LogP contribution >= 0.6 is 0 Å². The summed E-state index contributed by atoms with van der Waals surface area (Å²) in [7, 11) is 0.202. The molecule has 0 saturated carbocycles. The molecule has 2 unspecified atom stereocenters. The zero-order valence-electron chi connectivity index (χ0n) is 10.4. The minimum absolute atomic E-state index is 0.301. The van der Waals surface area contributed by atoms with Crippen molar-refractivity contribution in [3.8, 4) is 0 Å². The lowest BCUT2D eigenvalue weighted by molar-refractivity contribution is -0.136. The van der Waals surface area contributed by atoms with Crippen LogP contribution < -0.4 is 0 Å². The highest BCUT2D eigenvalue weighted by atomic mass is 32.2. The molecule has 0 spiro atoms. The van der Waals surface area contributed by atoms with Crippen LogP contribution in [0.5, 0.6) is 0 Å². The lowest BCUT2D eigenvalue weighted by Gasteiger charge is -2.12. The molecule has 0 aromatic heterocycles. The van der Waals surface area contributed by atoms with E-state index in [1.807, 2.05) is 30.3 Å². The van der Waals surface area contributed by atoms with Gasteiger partial charge in [0.1, 0.15) is 5.25 Å². The first-order chi connectivity index (χ1) is 8.65. The van der Waals surface area contributed by atoms with Crippen LogP contribution in [-0.2, 0) is 26.8 Å². The highest BCUT2D eigenvalue weighted by molar-refractivity contribution is 7.86. The Morgan fingerprint density at radius 3 is 2.61 bits per heavy atom. The highest BCUT2D eigenvalue weighted by Crippen LogP contribution is 2.09. The Labute approximate surface area is 109 Å². The summed E-state index contributed by atoms with van der Waals surface area (Å²) in [5.74, 6) is -0.646. The summed E-state index contributed by atoms with van der Waals surface area (Å²) in [6.07, 6.45) is 0.914. The topological polar surface area (TPSA) is 63.6 Å². The first kappa shape index (κ1) is 14.9. The molecule has 0 heterocycles. The van der Waals surface area contributed by atoms with Crippen LogP contribution in [0.3, 0.4) is 0 Å². The van der Waals surface area contributed by atoms with Crippen LogP contribution in [0, 0.1) is 0 Å². The third kappa shape index (κ3) is 4.98. The van der Waals surface area contributed by atoms with E-state index in [0.717, 1.165) is 5.56 Å². The molecule has 4 nitrogen and oxygen atoms in total. The molecule has 18 heavy (non-hydrogen) atoms. The van der Waals surface area contributed by atoms with E-state index in [1.165, 1.54) is 0 Å². The van der Waals surface area contributed by atoms with Gasteiger partial charge in [-0.1, -0.05) is 30.3 Å². The molecule has 0 amide bonds. The summed E-state index contributed by atoms with van der Waals surface area (Å²) in [6.45, 7) is 0.503. The van der Waals surface area contributed by atoms with Gasteiger partial charge in [-0.15, -0.1) is 0 Å². The lowest BCUT2D eigenvalue weighted by Crippen LogP contribution is -2.29. The molecule has 1 N–H and O–H groups in total. The summed E-state index contributed by atoms with van der Waals surface area (Å²) in [5, 5.41) is 8.29. The van der Waals surface area contributed by atoms with Crippen molar-refractivity contribution in [3.63, 3.8) is 0 Å². The van der Waals surface area contributed by atoms with Crippen LogP contribution in [0.15, 0.2) is 30.3 Å². The van der Waals surface area contributed by atoms with Gasteiger partial charge >= 0.3 is 5.97 Å². The Kier molecular flexibility index (Phi) is 6.60. The number of aliphatic carboxylic acids is 1. The van der Waals surface area contributed by atoms with Gasteiger partial charge in [0.15, 0.2) is 0 Å². The lowest BCUT2D eigenvalue weighted by atomic mass is 10.1. The second-order valence-electron chi connectivity index (χ2n) is 3.95. The van der Waals surface area contributed by atoms with Crippen LogP contribution in [0.2, 0.25) is 0 Å². The summed E-state index contributed by atoms with van der Waals surface area (Å²) >= 11 is 0. The highest BCUT2D eigenvalue weighted by Gasteiger charge is 2.24. The van der Waals surface area contributed by atoms with Gasteiger partial charge in [-0.3, -0.25) is 9.00 Å². The van der Waals surface area contributed by atoms with Gasteiger partial charge < -0.3 is 9.84 Å². The minimum Gasteiger partial charge on any atom is -0.480 e. The Hall–Kier alpha value is -1.20. The van der Waals surface area contributed by atoms with Crippen LogP contribution in [0.4, 0.5) is 0 Å². The van der Waals surface area contributed by atoms with Gasteiger partial charge in [-0.2, -0.15) is 0 Å². The molecule has 0 fully saturated rings. The van der Waals surface area contributed by atoms with E-state index in [1.54, 1.807) is 7.11 Å². The maximum absolute atomic E-state index is 11.9. The predicted molar refractivity (Wildman–Crippen MR) is 71.1 cm³/mol. The van der Waals surface area contributed by atoms with Gasteiger partial charge in [0.25, 0.3) is 0 Å². The van der Waals surface area contributed by atoms with Crippen molar-refractivity contribution in [2.45, 2.75) is 18.1 Å². The minimum atomic E-state index is -1.37. The first-order valence-electron chi connectivity index (χ1n) is 5.78. The average molecular weight is 270 g/mol. The zero-order chi connectivity index (χ0) is 13.4. The number of rotatable bonds is 8. The summed E-state index contributed by atoms with van der Waals surface area (Å²) < 4.78 is 16.8. The molecule has 0 aliphatic heterocycles. The monoisotopic (exact) mass is 270 g/mol. The van der Waals surface area contributed by atoms with Gasteiger partial charge in [-0.25, -0.2) is 0 Å². The molecule has 100 valence electrons. The number of hydrogen-bond donors (Lipinski definition) is 1. The van der Waals surface area contributed by atoms with Gasteiger partial charge in [-0.05, 0) is 18.4 Å². The van der Waals surface area contributed by atoms with Crippen LogP contribution in [0.1, 0.15) is 12.0 Å². The number of ether oxygens (including phenoxy) is 1. The molecular formula is C13H18O4S. The largest absolute Gasteiger partial charge is 0.480 e. The molecule has 2 atom stereocenters. The first-order valence-corrected chi connectivity index (χ1v) is 7.16. The Balaban J connectivity index is 2.60. The van der Waals surface area contributed by atoms with Gasteiger partial charge in [0.2, 0.25) is 0 Å². The number of benzene rings is 1. The number of hydrogen-bond acceptors (Lipinski definition) is 3. The third-order valence-corrected chi connectivity index (χ3v) is 4.24. The number of carboxylic acids is 1. The van der Waals surface area contributed by atoms with Crippen molar-refractivity contribution in [1.82, 2.24) is 0 Å². The van der Waals surface area contributed by atoms with Crippen molar-refractivity contribution >= 4 is 16.8 Å². The molecule has 5 heteroatoms. The average Bonchev–Trinajstić information content (AvgIpc) is 2.37. The van der Waals surface area contributed by atoms with E-state index in [-0.39, 0.29) is 0 Å². The van der Waals surface area contributed by atoms with E-state index in [2.05, 4.69) is 0 Å². The molecule has 0 aliphatic rings. The summed E-state index contributed by atoms with van der Waals surface area (Å²) in [4.78, 5) is 11.2. The molecule has 0 aliphatic carbocycles. The fourth-order valence-electron chi connectivity index (χ4n) is 1.61.